The van der Waals surface area contributed by atoms with Crippen LogP contribution >= 0.6 is 0 Å². The quantitative estimate of drug-likeness (QED) is 0.673. The van der Waals surface area contributed by atoms with Gasteiger partial charge in [0, 0.05) is 13.0 Å². The normalized spacial score (nSPS) is 28.3. The van der Waals surface area contributed by atoms with E-state index in [1.165, 1.54) is 0 Å². The molecule has 0 unspecified atom stereocenters. The molecule has 1 aliphatic rings. The minimum absolute atomic E-state index is 0.0127. The summed E-state index contributed by atoms with van der Waals surface area (Å²) in [6.45, 7) is 2.01. The van der Waals surface area contributed by atoms with E-state index in [9.17, 15) is 10.0 Å². The fourth-order valence-corrected chi connectivity index (χ4v) is 1.88. The van der Waals surface area contributed by atoms with Gasteiger partial charge in [0.15, 0.2) is 5.78 Å². The van der Waals surface area contributed by atoms with Gasteiger partial charge in [-0.15, -0.1) is 10.3 Å². The zero-order valence-electron chi connectivity index (χ0n) is 8.06. The van der Waals surface area contributed by atoms with Gasteiger partial charge in [0.2, 0.25) is 0 Å². The summed E-state index contributed by atoms with van der Waals surface area (Å²) in [7, 11) is 0. The number of hydrogen-bond acceptors (Lipinski definition) is 2. The van der Waals surface area contributed by atoms with E-state index in [-0.39, 0.29) is 5.78 Å². The molecule has 1 saturated heterocycles. The first-order valence-corrected chi connectivity index (χ1v) is 4.69. The molecule has 2 rings (SSSR count). The average molecular weight is 190 g/mol. The Morgan fingerprint density at radius 3 is 2.43 bits per heavy atom. The second kappa shape index (κ2) is 3.19. The number of hydrogen-bond donors (Lipinski definition) is 0. The summed E-state index contributed by atoms with van der Waals surface area (Å²) < 4.78 is 0. The number of nitrogens with zero attached hydrogens (tertiary/aromatic N) is 1. The van der Waals surface area contributed by atoms with Crippen molar-refractivity contribution in [1.29, 1.82) is 0 Å². The number of benzene rings is 1. The van der Waals surface area contributed by atoms with Gasteiger partial charge in [-0.25, -0.2) is 0 Å². The summed E-state index contributed by atoms with van der Waals surface area (Å²) in [6.07, 6.45) is 0.356. The van der Waals surface area contributed by atoms with Crippen LogP contribution in [0, 0.1) is 0 Å². The number of Topliss-reactive ketones (excluding diaryl/α,β-unsaturated/α-hetero) is 1. The molecule has 14 heavy (non-hydrogen) atoms. The highest BCUT2D eigenvalue weighted by Crippen LogP contribution is 2.34. The van der Waals surface area contributed by atoms with Gasteiger partial charge in [0.25, 0.3) is 0 Å². The number of hydroxylamine groups is 2. The lowest BCUT2D eigenvalue weighted by molar-refractivity contribution is -0.203. The Bertz CT molecular complexity index is 350. The zero-order chi connectivity index (χ0) is 10.2. The van der Waals surface area contributed by atoms with E-state index in [0.29, 0.717) is 13.0 Å². The van der Waals surface area contributed by atoms with E-state index < -0.39 is 5.54 Å². The molecule has 1 fully saturated rings. The fraction of sp³-hybridized carbons (Fsp3) is 0.364. The van der Waals surface area contributed by atoms with Gasteiger partial charge in [0.05, 0.1) is 0 Å². The van der Waals surface area contributed by atoms with Crippen molar-refractivity contribution in [2.45, 2.75) is 18.9 Å². The van der Waals surface area contributed by atoms with Crippen molar-refractivity contribution in [1.82, 2.24) is 5.06 Å². The van der Waals surface area contributed by atoms with Crippen LogP contribution in [0.5, 0.6) is 0 Å². The summed E-state index contributed by atoms with van der Waals surface area (Å²) in [4.78, 5) is 11.7. The average Bonchev–Trinajstić information content (AvgIpc) is 2.49. The van der Waals surface area contributed by atoms with Gasteiger partial charge in [-0.3, -0.25) is 4.79 Å². The van der Waals surface area contributed by atoms with Crippen molar-refractivity contribution in [3.05, 3.63) is 35.9 Å². The maximum Gasteiger partial charge on any atom is 0.161 e. The van der Waals surface area contributed by atoms with Crippen LogP contribution in [0.4, 0.5) is 0 Å². The molecule has 0 aromatic heterocycles. The molecule has 0 N–H and O–H groups in total. The van der Waals surface area contributed by atoms with Crippen LogP contribution in [0.3, 0.4) is 0 Å². The summed E-state index contributed by atoms with van der Waals surface area (Å²) in [5.74, 6) is 0.0127. The van der Waals surface area contributed by atoms with E-state index in [2.05, 4.69) is 0 Å². The molecule has 1 atom stereocenters. The highest BCUT2D eigenvalue weighted by Gasteiger charge is 2.46. The van der Waals surface area contributed by atoms with Crippen LogP contribution < -0.4 is 0 Å². The topological polar surface area (TPSA) is 40.2 Å². The van der Waals surface area contributed by atoms with Crippen LogP contribution in [0.15, 0.2) is 30.3 Å². The predicted molar refractivity (Wildman–Crippen MR) is 50.8 cm³/mol. The molecular weight excluding hydrogens is 178 g/mol. The number of carbonyl (C=O) groups excluding carboxylic acids is 1. The summed E-state index contributed by atoms with van der Waals surface area (Å²) >= 11 is 0. The Labute approximate surface area is 82.9 Å². The minimum atomic E-state index is -0.957. The first kappa shape index (κ1) is 9.37. The van der Waals surface area contributed by atoms with Crippen molar-refractivity contribution in [2.75, 3.05) is 6.54 Å². The summed E-state index contributed by atoms with van der Waals surface area (Å²) in [5.41, 5.74) is -0.168. The van der Waals surface area contributed by atoms with Crippen molar-refractivity contribution in [3.8, 4) is 0 Å². The Morgan fingerprint density at radius 2 is 1.93 bits per heavy atom. The van der Waals surface area contributed by atoms with Crippen molar-refractivity contribution in [3.63, 3.8) is 0 Å². The SMILES string of the molecule is C[C@@]1(c2ccccc2)C(=O)CCN1[O]. The van der Waals surface area contributed by atoms with Gasteiger partial charge in [-0.1, -0.05) is 30.3 Å². The molecule has 3 heteroatoms. The number of rotatable bonds is 1. The Morgan fingerprint density at radius 1 is 1.29 bits per heavy atom. The molecule has 0 spiro atoms. The van der Waals surface area contributed by atoms with Gasteiger partial charge >= 0.3 is 0 Å². The zero-order valence-corrected chi connectivity index (χ0v) is 8.06. The Kier molecular flexibility index (Phi) is 2.13. The first-order chi connectivity index (χ1) is 6.65. The second-order valence-corrected chi connectivity index (χ2v) is 3.71. The van der Waals surface area contributed by atoms with Crippen molar-refractivity contribution < 1.29 is 10.0 Å². The van der Waals surface area contributed by atoms with Crippen LogP contribution in [-0.2, 0) is 15.5 Å². The summed E-state index contributed by atoms with van der Waals surface area (Å²) in [6, 6.07) is 9.23. The molecule has 1 aromatic rings. The Hall–Kier alpha value is -1.19. The van der Waals surface area contributed by atoms with Gasteiger partial charge in [0.1, 0.15) is 5.54 Å². The predicted octanol–water partition coefficient (Wildman–Crippen LogP) is 1.52. The Balaban J connectivity index is 2.46. The van der Waals surface area contributed by atoms with E-state index in [4.69, 9.17) is 0 Å². The molecule has 0 aliphatic carbocycles. The van der Waals surface area contributed by atoms with Gasteiger partial charge in [-0.2, -0.15) is 0 Å². The molecule has 1 heterocycles. The largest absolute Gasteiger partial charge is 0.297 e. The smallest absolute Gasteiger partial charge is 0.161 e. The molecule has 3 nitrogen and oxygen atoms in total. The molecule has 73 valence electrons. The van der Waals surface area contributed by atoms with Crippen molar-refractivity contribution >= 4 is 5.78 Å². The molecule has 0 bridgehead atoms. The van der Waals surface area contributed by atoms with Crippen LogP contribution in [0.2, 0.25) is 0 Å². The van der Waals surface area contributed by atoms with E-state index in [1.807, 2.05) is 30.3 Å². The third-order valence-corrected chi connectivity index (χ3v) is 2.92. The third kappa shape index (κ3) is 1.17. The molecule has 0 amide bonds. The lowest BCUT2D eigenvalue weighted by atomic mass is 9.89. The van der Waals surface area contributed by atoms with E-state index >= 15 is 0 Å². The van der Waals surface area contributed by atoms with E-state index in [0.717, 1.165) is 10.6 Å². The number of carbonyl (C=O) groups is 1. The van der Waals surface area contributed by atoms with Crippen LogP contribution in [0.1, 0.15) is 18.9 Å². The van der Waals surface area contributed by atoms with Crippen LogP contribution in [0.25, 0.3) is 0 Å². The summed E-state index contributed by atoms with van der Waals surface area (Å²) in [5, 5.41) is 12.5. The van der Waals surface area contributed by atoms with Gasteiger partial charge < -0.3 is 0 Å². The number of ketones is 1. The van der Waals surface area contributed by atoms with Crippen molar-refractivity contribution in [2.24, 2.45) is 0 Å². The van der Waals surface area contributed by atoms with E-state index in [1.54, 1.807) is 6.92 Å². The molecule has 1 aliphatic heterocycles. The monoisotopic (exact) mass is 190 g/mol. The molecule has 1 aromatic carbocycles. The van der Waals surface area contributed by atoms with Gasteiger partial charge in [-0.05, 0) is 12.5 Å². The fourth-order valence-electron chi connectivity index (χ4n) is 1.88. The van der Waals surface area contributed by atoms with Crippen LogP contribution in [-0.4, -0.2) is 17.4 Å². The highest BCUT2D eigenvalue weighted by molar-refractivity contribution is 5.91. The minimum Gasteiger partial charge on any atom is -0.297 e. The lowest BCUT2D eigenvalue weighted by Crippen LogP contribution is -2.39. The lowest BCUT2D eigenvalue weighted by Gasteiger charge is -2.26. The molecule has 0 saturated carbocycles. The third-order valence-electron chi connectivity index (χ3n) is 2.92. The first-order valence-electron chi connectivity index (χ1n) is 4.69. The maximum atomic E-state index is 11.7. The molecule has 1 radical (unpaired) electrons. The standard InChI is InChI=1S/C11H12NO2/c1-11(9-5-3-2-4-6-9)10(13)7-8-12(11)14/h2-6H,7-8H2,1H3/t11-/m1/s1. The highest BCUT2D eigenvalue weighted by atomic mass is 16.5. The second-order valence-electron chi connectivity index (χ2n) is 3.71. The maximum absolute atomic E-state index is 11.7. The molecular formula is C11H12NO2.